The highest BCUT2D eigenvalue weighted by Crippen LogP contribution is 2.28. The summed E-state index contributed by atoms with van der Waals surface area (Å²) in [6.45, 7) is 3.65. The molecule has 0 aliphatic heterocycles. The van der Waals surface area contributed by atoms with E-state index in [0.29, 0.717) is 0 Å². The van der Waals surface area contributed by atoms with Crippen LogP contribution in [0.5, 0.6) is 0 Å². The fraction of sp³-hybridized carbons (Fsp3) is 0.375. The summed E-state index contributed by atoms with van der Waals surface area (Å²) in [6, 6.07) is 10.2. The molecule has 112 valence electrons. The molecule has 1 heterocycles. The van der Waals surface area contributed by atoms with Crippen LogP contribution in [0.4, 0.5) is 5.82 Å². The predicted octanol–water partition coefficient (Wildman–Crippen LogP) is 3.76. The maximum absolute atomic E-state index is 5.11. The Bertz CT molecular complexity index is 575. The van der Waals surface area contributed by atoms with Crippen molar-refractivity contribution in [1.82, 2.24) is 9.97 Å². The lowest BCUT2D eigenvalue weighted by Crippen LogP contribution is -2.08. The van der Waals surface area contributed by atoms with Gasteiger partial charge in [0.2, 0.25) is 0 Å². The summed E-state index contributed by atoms with van der Waals surface area (Å²) in [7, 11) is 1.72. The Labute approximate surface area is 139 Å². The molecule has 1 aromatic heterocycles. The molecule has 21 heavy (non-hydrogen) atoms. The van der Waals surface area contributed by atoms with Gasteiger partial charge in [0, 0.05) is 32.2 Å². The lowest BCUT2D eigenvalue weighted by molar-refractivity contribution is 0.194. The van der Waals surface area contributed by atoms with Crippen molar-refractivity contribution in [2.45, 2.75) is 19.8 Å². The number of methoxy groups -OCH3 is 1. The molecular formula is C16H20IN3O. The molecule has 0 unspecified atom stereocenters. The van der Waals surface area contributed by atoms with Crippen molar-refractivity contribution in [2.75, 3.05) is 25.6 Å². The van der Waals surface area contributed by atoms with Crippen molar-refractivity contribution in [3.8, 4) is 11.3 Å². The normalized spacial score (nSPS) is 10.6. The Morgan fingerprint density at radius 3 is 2.62 bits per heavy atom. The van der Waals surface area contributed by atoms with Crippen LogP contribution in [0.3, 0.4) is 0 Å². The summed E-state index contributed by atoms with van der Waals surface area (Å²) in [4.78, 5) is 9.38. The van der Waals surface area contributed by atoms with Crippen LogP contribution in [-0.4, -0.2) is 30.2 Å². The third-order valence-electron chi connectivity index (χ3n) is 3.04. The molecular weight excluding hydrogens is 377 g/mol. The van der Waals surface area contributed by atoms with Crippen molar-refractivity contribution >= 4 is 28.4 Å². The van der Waals surface area contributed by atoms with E-state index in [1.165, 1.54) is 0 Å². The topological polar surface area (TPSA) is 47.0 Å². The van der Waals surface area contributed by atoms with E-state index in [4.69, 9.17) is 9.72 Å². The van der Waals surface area contributed by atoms with Crippen LogP contribution in [0.15, 0.2) is 30.3 Å². The maximum Gasteiger partial charge on any atom is 0.143 e. The van der Waals surface area contributed by atoms with Gasteiger partial charge in [0.15, 0.2) is 0 Å². The zero-order chi connectivity index (χ0) is 15.1. The molecule has 0 spiro atoms. The molecule has 1 N–H and O–H groups in total. The van der Waals surface area contributed by atoms with Crippen LogP contribution in [0.1, 0.15) is 19.2 Å². The van der Waals surface area contributed by atoms with Crippen LogP contribution in [0, 0.1) is 3.57 Å². The van der Waals surface area contributed by atoms with Gasteiger partial charge in [-0.25, -0.2) is 9.97 Å². The number of nitrogens with one attached hydrogen (secondary N) is 1. The summed E-state index contributed by atoms with van der Waals surface area (Å²) < 4.78 is 6.17. The second-order valence-corrected chi connectivity index (χ2v) is 5.72. The average Bonchev–Trinajstić information content (AvgIpc) is 2.51. The number of rotatable bonds is 7. The van der Waals surface area contributed by atoms with Gasteiger partial charge in [-0.15, -0.1) is 0 Å². The zero-order valence-electron chi connectivity index (χ0n) is 12.4. The highest BCUT2D eigenvalue weighted by atomic mass is 127. The minimum atomic E-state index is 0.729. The Balaban J connectivity index is 2.37. The van der Waals surface area contributed by atoms with E-state index < -0.39 is 0 Å². The molecule has 0 atom stereocenters. The first-order chi connectivity index (χ1) is 10.3. The van der Waals surface area contributed by atoms with E-state index in [-0.39, 0.29) is 0 Å². The van der Waals surface area contributed by atoms with Gasteiger partial charge in [-0.05, 0) is 35.9 Å². The number of hydrogen-bond donors (Lipinski definition) is 1. The SMILES string of the molecule is CCNc1nc(CCCOC)nc(-c2ccccc2)c1I. The van der Waals surface area contributed by atoms with E-state index in [9.17, 15) is 0 Å². The fourth-order valence-electron chi connectivity index (χ4n) is 2.05. The highest BCUT2D eigenvalue weighted by molar-refractivity contribution is 14.1. The smallest absolute Gasteiger partial charge is 0.143 e. The van der Waals surface area contributed by atoms with E-state index in [0.717, 1.165) is 52.5 Å². The lowest BCUT2D eigenvalue weighted by Gasteiger charge is -2.12. The first kappa shape index (κ1) is 16.2. The van der Waals surface area contributed by atoms with Crippen LogP contribution >= 0.6 is 22.6 Å². The van der Waals surface area contributed by atoms with E-state index in [1.807, 2.05) is 18.2 Å². The van der Waals surface area contributed by atoms with Gasteiger partial charge in [0.1, 0.15) is 11.6 Å². The number of anilines is 1. The van der Waals surface area contributed by atoms with Crippen LogP contribution < -0.4 is 5.32 Å². The van der Waals surface area contributed by atoms with Crippen LogP contribution in [0.2, 0.25) is 0 Å². The number of halogens is 1. The molecule has 0 aliphatic rings. The van der Waals surface area contributed by atoms with Crippen molar-refractivity contribution in [3.05, 3.63) is 39.7 Å². The molecule has 0 saturated carbocycles. The molecule has 0 radical (unpaired) electrons. The monoisotopic (exact) mass is 397 g/mol. The number of aromatic nitrogens is 2. The molecule has 0 saturated heterocycles. The summed E-state index contributed by atoms with van der Waals surface area (Å²) in [5, 5.41) is 3.33. The summed E-state index contributed by atoms with van der Waals surface area (Å²) in [5.41, 5.74) is 2.12. The number of nitrogens with zero attached hydrogens (tertiary/aromatic N) is 2. The number of benzene rings is 1. The first-order valence-electron chi connectivity index (χ1n) is 7.11. The third kappa shape index (κ3) is 4.38. The minimum absolute atomic E-state index is 0.729. The lowest BCUT2D eigenvalue weighted by atomic mass is 10.1. The second-order valence-electron chi connectivity index (χ2n) is 4.64. The molecule has 0 amide bonds. The van der Waals surface area contributed by atoms with Gasteiger partial charge in [-0.3, -0.25) is 0 Å². The summed E-state index contributed by atoms with van der Waals surface area (Å²) in [6.07, 6.45) is 1.75. The van der Waals surface area contributed by atoms with Crippen molar-refractivity contribution in [1.29, 1.82) is 0 Å². The Morgan fingerprint density at radius 2 is 1.95 bits per heavy atom. The van der Waals surface area contributed by atoms with Crippen LogP contribution in [0.25, 0.3) is 11.3 Å². The van der Waals surface area contributed by atoms with Gasteiger partial charge in [-0.2, -0.15) is 0 Å². The van der Waals surface area contributed by atoms with E-state index >= 15 is 0 Å². The Morgan fingerprint density at radius 1 is 1.19 bits per heavy atom. The van der Waals surface area contributed by atoms with Gasteiger partial charge in [-0.1, -0.05) is 30.3 Å². The van der Waals surface area contributed by atoms with Gasteiger partial charge >= 0.3 is 0 Å². The predicted molar refractivity (Wildman–Crippen MR) is 94.5 cm³/mol. The molecule has 5 heteroatoms. The Kier molecular flexibility index (Phi) is 6.38. The second kappa shape index (κ2) is 8.29. The molecule has 1 aromatic carbocycles. The quantitative estimate of drug-likeness (QED) is 0.571. The van der Waals surface area contributed by atoms with E-state index in [1.54, 1.807) is 7.11 Å². The van der Waals surface area contributed by atoms with Gasteiger partial charge in [0.05, 0.1) is 9.26 Å². The molecule has 0 aliphatic carbocycles. The fourth-order valence-corrected chi connectivity index (χ4v) is 2.80. The third-order valence-corrected chi connectivity index (χ3v) is 4.06. The largest absolute Gasteiger partial charge is 0.385 e. The highest BCUT2D eigenvalue weighted by Gasteiger charge is 2.13. The molecule has 0 bridgehead atoms. The zero-order valence-corrected chi connectivity index (χ0v) is 14.6. The van der Waals surface area contributed by atoms with Crippen LogP contribution in [-0.2, 0) is 11.2 Å². The van der Waals surface area contributed by atoms with Gasteiger partial charge < -0.3 is 10.1 Å². The molecule has 0 fully saturated rings. The number of aryl methyl sites for hydroxylation is 1. The van der Waals surface area contributed by atoms with Gasteiger partial charge in [0.25, 0.3) is 0 Å². The maximum atomic E-state index is 5.11. The number of hydrogen-bond acceptors (Lipinski definition) is 4. The van der Waals surface area contributed by atoms with Crippen molar-refractivity contribution in [2.24, 2.45) is 0 Å². The van der Waals surface area contributed by atoms with E-state index in [2.05, 4.69) is 51.9 Å². The number of ether oxygens (including phenoxy) is 1. The molecule has 4 nitrogen and oxygen atoms in total. The Hall–Kier alpha value is -1.21. The van der Waals surface area contributed by atoms with Crippen molar-refractivity contribution in [3.63, 3.8) is 0 Å². The average molecular weight is 397 g/mol. The minimum Gasteiger partial charge on any atom is -0.385 e. The standard InChI is InChI=1S/C16H20IN3O/c1-3-18-16-14(17)15(12-8-5-4-6-9-12)19-13(20-16)10-7-11-21-2/h4-6,8-9H,3,7,10-11H2,1-2H3,(H,18,19,20). The van der Waals surface area contributed by atoms with Crippen molar-refractivity contribution < 1.29 is 4.74 Å². The molecule has 2 rings (SSSR count). The molecule has 2 aromatic rings. The summed E-state index contributed by atoms with van der Waals surface area (Å²) in [5.74, 6) is 1.78. The first-order valence-corrected chi connectivity index (χ1v) is 8.18. The summed E-state index contributed by atoms with van der Waals surface area (Å²) >= 11 is 2.32.